The molecule has 1 aliphatic rings. The van der Waals surface area contributed by atoms with Gasteiger partial charge in [-0.3, -0.25) is 9.10 Å². The van der Waals surface area contributed by atoms with Gasteiger partial charge in [0, 0.05) is 24.0 Å². The SMILES string of the molecule is CS(=O)(=O)N1C[C@@H](C(=O)NCc2ccccc2-n2ccnc2)Oc2ccc(Cl)cc21. The third kappa shape index (κ3) is 4.12. The number of carbonyl (C=O) groups excluding carboxylic acids is 1. The van der Waals surface area contributed by atoms with Crippen LogP contribution in [-0.2, 0) is 21.4 Å². The summed E-state index contributed by atoms with van der Waals surface area (Å²) in [6, 6.07) is 12.3. The lowest BCUT2D eigenvalue weighted by Crippen LogP contribution is -2.50. The molecule has 1 amide bonds. The largest absolute Gasteiger partial charge is 0.476 e. The van der Waals surface area contributed by atoms with E-state index in [2.05, 4.69) is 10.3 Å². The van der Waals surface area contributed by atoms with E-state index >= 15 is 0 Å². The Labute approximate surface area is 179 Å². The van der Waals surface area contributed by atoms with Crippen molar-refractivity contribution < 1.29 is 17.9 Å². The number of halogens is 1. The molecule has 30 heavy (non-hydrogen) atoms. The number of imidazole rings is 1. The third-order valence-electron chi connectivity index (χ3n) is 4.71. The van der Waals surface area contributed by atoms with Crippen molar-refractivity contribution in [2.24, 2.45) is 0 Å². The molecule has 0 saturated heterocycles. The second-order valence-corrected chi connectivity index (χ2v) is 9.17. The van der Waals surface area contributed by atoms with Gasteiger partial charge in [0.25, 0.3) is 5.91 Å². The molecular weight excluding hydrogens is 428 g/mol. The van der Waals surface area contributed by atoms with Gasteiger partial charge in [-0.05, 0) is 29.8 Å². The Kier molecular flexibility index (Phi) is 5.40. The molecule has 0 aliphatic carbocycles. The molecule has 8 nitrogen and oxygen atoms in total. The molecule has 3 aromatic rings. The molecule has 10 heteroatoms. The van der Waals surface area contributed by atoms with E-state index in [1.807, 2.05) is 35.0 Å². The number of ether oxygens (including phenoxy) is 1. The molecule has 0 fully saturated rings. The molecule has 0 saturated carbocycles. The molecule has 1 N–H and O–H groups in total. The van der Waals surface area contributed by atoms with Gasteiger partial charge >= 0.3 is 0 Å². The Morgan fingerprint density at radius 2 is 2.07 bits per heavy atom. The van der Waals surface area contributed by atoms with E-state index in [1.54, 1.807) is 24.7 Å². The third-order valence-corrected chi connectivity index (χ3v) is 6.09. The van der Waals surface area contributed by atoms with E-state index in [0.717, 1.165) is 21.8 Å². The van der Waals surface area contributed by atoms with E-state index in [1.165, 1.54) is 6.07 Å². The fourth-order valence-electron chi connectivity index (χ4n) is 3.29. The smallest absolute Gasteiger partial charge is 0.263 e. The van der Waals surface area contributed by atoms with E-state index in [0.29, 0.717) is 10.7 Å². The van der Waals surface area contributed by atoms with Gasteiger partial charge in [-0.1, -0.05) is 29.8 Å². The molecule has 0 bridgehead atoms. The summed E-state index contributed by atoms with van der Waals surface area (Å²) in [6.07, 6.45) is 5.26. The summed E-state index contributed by atoms with van der Waals surface area (Å²) in [5, 5.41) is 3.22. The number of nitrogens with zero attached hydrogens (tertiary/aromatic N) is 3. The van der Waals surface area contributed by atoms with Crippen molar-refractivity contribution in [1.82, 2.24) is 14.9 Å². The number of aromatic nitrogens is 2. The maximum Gasteiger partial charge on any atom is 0.263 e. The van der Waals surface area contributed by atoms with Gasteiger partial charge in [-0.2, -0.15) is 0 Å². The average Bonchev–Trinajstić information content (AvgIpc) is 3.25. The molecular formula is C20H19ClN4O4S. The topological polar surface area (TPSA) is 93.5 Å². The number of carbonyl (C=O) groups is 1. The van der Waals surface area contributed by atoms with Crippen LogP contribution in [0.4, 0.5) is 5.69 Å². The highest BCUT2D eigenvalue weighted by atomic mass is 35.5. The highest BCUT2D eigenvalue weighted by Crippen LogP contribution is 2.37. The molecule has 2 aromatic carbocycles. The number of nitrogens with one attached hydrogen (secondary N) is 1. The number of amides is 1. The van der Waals surface area contributed by atoms with Crippen molar-refractivity contribution in [2.45, 2.75) is 12.6 Å². The van der Waals surface area contributed by atoms with Crippen molar-refractivity contribution in [1.29, 1.82) is 0 Å². The first kappa shape index (κ1) is 20.2. The van der Waals surface area contributed by atoms with E-state index < -0.39 is 22.0 Å². The number of hydrogen-bond acceptors (Lipinski definition) is 5. The monoisotopic (exact) mass is 446 g/mol. The van der Waals surface area contributed by atoms with E-state index in [-0.39, 0.29) is 18.8 Å². The fraction of sp³-hybridized carbons (Fsp3) is 0.200. The van der Waals surface area contributed by atoms with E-state index in [4.69, 9.17) is 16.3 Å². The molecule has 156 valence electrons. The first-order valence-corrected chi connectivity index (χ1v) is 11.3. The van der Waals surface area contributed by atoms with Crippen LogP contribution in [0.3, 0.4) is 0 Å². The molecule has 4 rings (SSSR count). The summed E-state index contributed by atoms with van der Waals surface area (Å²) in [5.74, 6) is -0.125. The van der Waals surface area contributed by atoms with Crippen molar-refractivity contribution in [3.63, 3.8) is 0 Å². The quantitative estimate of drug-likeness (QED) is 0.649. The predicted octanol–water partition coefficient (Wildman–Crippen LogP) is 2.37. The van der Waals surface area contributed by atoms with Crippen LogP contribution in [0.25, 0.3) is 5.69 Å². The first-order valence-electron chi connectivity index (χ1n) is 9.11. The zero-order valence-corrected chi connectivity index (χ0v) is 17.6. The predicted molar refractivity (Wildman–Crippen MR) is 113 cm³/mol. The minimum Gasteiger partial charge on any atom is -0.476 e. The molecule has 0 radical (unpaired) electrons. The second kappa shape index (κ2) is 8.00. The van der Waals surface area contributed by atoms with Crippen LogP contribution in [-0.4, -0.2) is 42.8 Å². The number of fused-ring (bicyclic) bond motifs is 1. The Hall–Kier alpha value is -3.04. The fourth-order valence-corrected chi connectivity index (χ4v) is 4.36. The van der Waals surface area contributed by atoms with Gasteiger partial charge in [-0.25, -0.2) is 13.4 Å². The van der Waals surface area contributed by atoms with Crippen LogP contribution >= 0.6 is 11.6 Å². The number of para-hydroxylation sites is 1. The maximum absolute atomic E-state index is 12.8. The molecule has 1 aromatic heterocycles. The number of benzene rings is 2. The standard InChI is InChI=1S/C20H19ClN4O4S/c1-30(27,28)25-12-19(29-18-7-6-15(21)10-17(18)25)20(26)23-11-14-4-2-3-5-16(14)24-9-8-22-13-24/h2-10,13,19H,11-12H2,1H3,(H,23,26)/t19-/m0/s1. The molecule has 1 atom stereocenters. The van der Waals surface area contributed by atoms with Crippen molar-refractivity contribution >= 4 is 33.2 Å². The van der Waals surface area contributed by atoms with Gasteiger partial charge in [0.2, 0.25) is 10.0 Å². The zero-order chi connectivity index (χ0) is 21.3. The summed E-state index contributed by atoms with van der Waals surface area (Å²) in [6.45, 7) is 0.112. The Bertz CT molecular complexity index is 1180. The van der Waals surface area contributed by atoms with Crippen LogP contribution in [0.5, 0.6) is 5.75 Å². The lowest BCUT2D eigenvalue weighted by Gasteiger charge is -2.34. The number of rotatable bonds is 5. The van der Waals surface area contributed by atoms with Crippen LogP contribution in [0.1, 0.15) is 5.56 Å². The summed E-state index contributed by atoms with van der Waals surface area (Å²) < 4.78 is 33.3. The Balaban J connectivity index is 1.53. The van der Waals surface area contributed by atoms with Gasteiger partial charge in [0.05, 0.1) is 30.5 Å². The second-order valence-electron chi connectivity index (χ2n) is 6.83. The van der Waals surface area contributed by atoms with Gasteiger partial charge in [-0.15, -0.1) is 0 Å². The average molecular weight is 447 g/mol. The summed E-state index contributed by atoms with van der Waals surface area (Å²) >= 11 is 6.00. The Morgan fingerprint density at radius 1 is 1.27 bits per heavy atom. The highest BCUT2D eigenvalue weighted by molar-refractivity contribution is 7.92. The summed E-state index contributed by atoms with van der Waals surface area (Å²) in [5.41, 5.74) is 2.09. The van der Waals surface area contributed by atoms with Crippen LogP contribution in [0, 0.1) is 0 Å². The summed E-state index contributed by atoms with van der Waals surface area (Å²) in [7, 11) is -3.62. The highest BCUT2D eigenvalue weighted by Gasteiger charge is 2.35. The minimum atomic E-state index is -3.62. The van der Waals surface area contributed by atoms with Crippen molar-refractivity contribution in [2.75, 3.05) is 17.1 Å². The number of sulfonamides is 1. The normalized spacial score (nSPS) is 15.9. The van der Waals surface area contributed by atoms with Gasteiger partial charge in [0.1, 0.15) is 5.75 Å². The Morgan fingerprint density at radius 3 is 2.80 bits per heavy atom. The molecule has 0 unspecified atom stereocenters. The molecule has 0 spiro atoms. The lowest BCUT2D eigenvalue weighted by atomic mass is 10.1. The van der Waals surface area contributed by atoms with Crippen LogP contribution in [0.2, 0.25) is 5.02 Å². The number of hydrogen-bond donors (Lipinski definition) is 1. The molecule has 1 aliphatic heterocycles. The summed E-state index contributed by atoms with van der Waals surface area (Å²) in [4.78, 5) is 16.9. The van der Waals surface area contributed by atoms with Crippen LogP contribution < -0.4 is 14.4 Å². The van der Waals surface area contributed by atoms with Crippen molar-refractivity contribution in [3.8, 4) is 11.4 Å². The lowest BCUT2D eigenvalue weighted by molar-refractivity contribution is -0.127. The zero-order valence-electron chi connectivity index (χ0n) is 16.0. The van der Waals surface area contributed by atoms with Gasteiger partial charge < -0.3 is 14.6 Å². The molecule has 2 heterocycles. The van der Waals surface area contributed by atoms with Crippen molar-refractivity contribution in [3.05, 3.63) is 71.8 Å². The number of anilines is 1. The maximum atomic E-state index is 12.8. The minimum absolute atomic E-state index is 0.138. The van der Waals surface area contributed by atoms with Crippen LogP contribution in [0.15, 0.2) is 61.2 Å². The van der Waals surface area contributed by atoms with E-state index in [9.17, 15) is 13.2 Å². The first-order chi connectivity index (χ1) is 14.3. The van der Waals surface area contributed by atoms with Gasteiger partial charge in [0.15, 0.2) is 6.10 Å².